The van der Waals surface area contributed by atoms with Gasteiger partial charge in [0.25, 0.3) is 0 Å². The number of hydrogen-bond donors (Lipinski definition) is 5. The second-order valence-corrected chi connectivity index (χ2v) is 3.71. The highest BCUT2D eigenvalue weighted by Gasteiger charge is 1.93. The zero-order valence-corrected chi connectivity index (χ0v) is 9.98. The van der Waals surface area contributed by atoms with Crippen molar-refractivity contribution in [2.24, 2.45) is 10.7 Å². The lowest BCUT2D eigenvalue weighted by atomic mass is 10.3. The van der Waals surface area contributed by atoms with Gasteiger partial charge in [-0.15, -0.1) is 0 Å². The van der Waals surface area contributed by atoms with Gasteiger partial charge in [0.15, 0.2) is 5.96 Å². The average molecular weight is 265 g/mol. The molecule has 0 saturated carbocycles. The van der Waals surface area contributed by atoms with Crippen LogP contribution >= 0.6 is 0 Å². The Morgan fingerprint density at radius 1 is 1.65 bits per heavy atom. The third-order valence-electron chi connectivity index (χ3n) is 1.50. The summed E-state index contributed by atoms with van der Waals surface area (Å²) in [4.78, 5) is 10.7. The number of aliphatic imine (C=N–C) groups is 1. The van der Waals surface area contributed by atoms with E-state index in [0.29, 0.717) is 5.96 Å². The molecule has 0 unspecified atom stereocenters. The van der Waals surface area contributed by atoms with Gasteiger partial charge in [0.1, 0.15) is 0 Å². The van der Waals surface area contributed by atoms with Crippen molar-refractivity contribution in [1.82, 2.24) is 15.3 Å². The van der Waals surface area contributed by atoms with Crippen LogP contribution in [0, 0.1) is 0 Å². The Kier molecular flexibility index (Phi) is 6.86. The molecule has 6 N–H and O–H groups in total. The highest BCUT2D eigenvalue weighted by Crippen LogP contribution is 1.89. The largest absolute Gasteiger partial charge is 0.394 e. The van der Waals surface area contributed by atoms with Crippen LogP contribution in [0.2, 0.25) is 0 Å². The summed E-state index contributed by atoms with van der Waals surface area (Å²) in [6.45, 7) is 0.769. The maximum Gasteiger partial charge on any atom is 0.394 e. The fourth-order valence-corrected chi connectivity index (χ4v) is 0.826. The van der Waals surface area contributed by atoms with Crippen LogP contribution in [0.1, 0.15) is 5.69 Å². The molecule has 1 aromatic rings. The molecule has 1 rings (SSSR count). The number of imidazole rings is 1. The molecule has 0 aromatic carbocycles. The fourth-order valence-electron chi connectivity index (χ4n) is 0.826. The number of guanidine groups is 1. The van der Waals surface area contributed by atoms with Gasteiger partial charge >= 0.3 is 10.4 Å². The first-order chi connectivity index (χ1) is 7.83. The summed E-state index contributed by atoms with van der Waals surface area (Å²) >= 11 is 0. The average Bonchev–Trinajstić information content (AvgIpc) is 2.67. The third-order valence-corrected chi connectivity index (χ3v) is 1.50. The van der Waals surface area contributed by atoms with Crippen LogP contribution < -0.4 is 11.1 Å². The molecule has 0 spiro atoms. The van der Waals surface area contributed by atoms with Gasteiger partial charge in [-0.2, -0.15) is 8.42 Å². The molecular weight excluding hydrogens is 250 g/mol. The van der Waals surface area contributed by atoms with Gasteiger partial charge in [0, 0.05) is 31.9 Å². The second-order valence-electron chi connectivity index (χ2n) is 2.81. The van der Waals surface area contributed by atoms with E-state index < -0.39 is 10.4 Å². The van der Waals surface area contributed by atoms with E-state index >= 15 is 0 Å². The molecule has 98 valence electrons. The van der Waals surface area contributed by atoms with Gasteiger partial charge in [-0.1, -0.05) is 0 Å². The first kappa shape index (κ1) is 15.3. The first-order valence-electron chi connectivity index (χ1n) is 4.46. The van der Waals surface area contributed by atoms with E-state index in [-0.39, 0.29) is 0 Å². The summed E-state index contributed by atoms with van der Waals surface area (Å²) in [5, 5.41) is 2.95. The molecule has 0 aliphatic heterocycles. The molecule has 0 fully saturated rings. The van der Waals surface area contributed by atoms with Crippen LogP contribution in [-0.2, 0) is 16.8 Å². The van der Waals surface area contributed by atoms with Crippen LogP contribution in [0.25, 0.3) is 0 Å². The Bertz CT molecular complexity index is 419. The molecule has 17 heavy (non-hydrogen) atoms. The number of aromatic amines is 1. The zero-order valence-electron chi connectivity index (χ0n) is 9.16. The Labute approximate surface area is 98.7 Å². The number of hydrogen-bond acceptors (Lipinski definition) is 4. The fraction of sp³-hybridized carbons (Fsp3) is 0.429. The van der Waals surface area contributed by atoms with E-state index in [1.807, 2.05) is 0 Å². The molecule has 0 atom stereocenters. The van der Waals surface area contributed by atoms with Gasteiger partial charge < -0.3 is 16.0 Å². The van der Waals surface area contributed by atoms with Crippen LogP contribution in [-0.4, -0.2) is 47.0 Å². The van der Waals surface area contributed by atoms with E-state index in [4.69, 9.17) is 23.3 Å². The highest BCUT2D eigenvalue weighted by molar-refractivity contribution is 7.79. The Balaban J connectivity index is 0.000000437. The minimum Gasteiger partial charge on any atom is -0.370 e. The summed E-state index contributed by atoms with van der Waals surface area (Å²) < 4.78 is 31.6. The molecule has 10 heteroatoms. The van der Waals surface area contributed by atoms with Crippen LogP contribution in [0.3, 0.4) is 0 Å². The molecule has 0 saturated heterocycles. The van der Waals surface area contributed by atoms with Crippen molar-refractivity contribution < 1.29 is 17.5 Å². The van der Waals surface area contributed by atoms with Crippen molar-refractivity contribution in [1.29, 1.82) is 0 Å². The van der Waals surface area contributed by atoms with Crippen LogP contribution in [0.15, 0.2) is 17.5 Å². The SMILES string of the molecule is CN=C(N)NCCc1cnc[nH]1.O=S(=O)(O)O. The summed E-state index contributed by atoms with van der Waals surface area (Å²) in [5.41, 5.74) is 6.51. The lowest BCUT2D eigenvalue weighted by Crippen LogP contribution is -2.32. The molecular formula is C7H15N5O4S. The Morgan fingerprint density at radius 2 is 2.24 bits per heavy atom. The second kappa shape index (κ2) is 7.60. The molecule has 9 nitrogen and oxygen atoms in total. The van der Waals surface area contributed by atoms with Gasteiger partial charge in [0.2, 0.25) is 0 Å². The van der Waals surface area contributed by atoms with Gasteiger partial charge in [0.05, 0.1) is 6.33 Å². The van der Waals surface area contributed by atoms with E-state index in [0.717, 1.165) is 18.7 Å². The topological polar surface area (TPSA) is 154 Å². The molecule has 1 aromatic heterocycles. The summed E-state index contributed by atoms with van der Waals surface area (Å²) in [5.74, 6) is 0.467. The first-order valence-corrected chi connectivity index (χ1v) is 5.86. The Morgan fingerprint density at radius 3 is 2.65 bits per heavy atom. The lowest BCUT2D eigenvalue weighted by molar-refractivity contribution is 0.381. The van der Waals surface area contributed by atoms with Gasteiger partial charge in [-0.3, -0.25) is 14.1 Å². The molecule has 0 bridgehead atoms. The molecule has 1 heterocycles. The lowest BCUT2D eigenvalue weighted by Gasteiger charge is -2.01. The summed E-state index contributed by atoms with van der Waals surface area (Å²) in [6.07, 6.45) is 4.32. The number of nitrogens with one attached hydrogen (secondary N) is 2. The normalized spacial score (nSPS) is 11.6. The van der Waals surface area contributed by atoms with Gasteiger partial charge in [-0.25, -0.2) is 4.98 Å². The minimum atomic E-state index is -4.67. The van der Waals surface area contributed by atoms with E-state index in [1.54, 1.807) is 19.6 Å². The van der Waals surface area contributed by atoms with Crippen molar-refractivity contribution in [3.63, 3.8) is 0 Å². The molecule has 0 radical (unpaired) electrons. The maximum absolute atomic E-state index is 8.74. The van der Waals surface area contributed by atoms with Crippen LogP contribution in [0.4, 0.5) is 0 Å². The van der Waals surface area contributed by atoms with E-state index in [2.05, 4.69) is 20.3 Å². The highest BCUT2D eigenvalue weighted by atomic mass is 32.3. The van der Waals surface area contributed by atoms with Crippen molar-refractivity contribution in [2.45, 2.75) is 6.42 Å². The van der Waals surface area contributed by atoms with Gasteiger partial charge in [-0.05, 0) is 0 Å². The minimum absolute atomic E-state index is 0.467. The molecule has 0 aliphatic rings. The quantitative estimate of drug-likeness (QED) is 0.262. The Hall–Kier alpha value is -1.65. The monoisotopic (exact) mass is 265 g/mol. The van der Waals surface area contributed by atoms with E-state index in [9.17, 15) is 0 Å². The van der Waals surface area contributed by atoms with Crippen molar-refractivity contribution in [3.05, 3.63) is 18.2 Å². The zero-order chi connectivity index (χ0) is 13.3. The molecule has 0 aliphatic carbocycles. The number of nitrogens with two attached hydrogens (primary N) is 1. The third kappa shape index (κ3) is 12.3. The number of H-pyrrole nitrogens is 1. The van der Waals surface area contributed by atoms with E-state index in [1.165, 1.54) is 0 Å². The number of rotatable bonds is 3. The predicted octanol–water partition coefficient (Wildman–Crippen LogP) is -1.17. The molecule has 0 amide bonds. The summed E-state index contributed by atoms with van der Waals surface area (Å²) in [6, 6.07) is 0. The predicted molar refractivity (Wildman–Crippen MR) is 62.0 cm³/mol. The van der Waals surface area contributed by atoms with Crippen molar-refractivity contribution >= 4 is 16.4 Å². The summed E-state index contributed by atoms with van der Waals surface area (Å²) in [7, 11) is -3.02. The maximum atomic E-state index is 8.74. The van der Waals surface area contributed by atoms with Crippen molar-refractivity contribution in [2.75, 3.05) is 13.6 Å². The number of aromatic nitrogens is 2. The standard InChI is InChI=1S/C7H13N5.H2O4S/c1-9-7(8)11-3-2-6-4-10-5-12-6;1-5(2,3)4/h4-5H,2-3H2,1H3,(H,10,12)(H3,8,9,11);(H2,1,2,3,4). The van der Waals surface area contributed by atoms with Crippen molar-refractivity contribution in [3.8, 4) is 0 Å². The van der Waals surface area contributed by atoms with Crippen LogP contribution in [0.5, 0.6) is 0 Å². The smallest absolute Gasteiger partial charge is 0.370 e. The number of nitrogens with zero attached hydrogens (tertiary/aromatic N) is 2.